The van der Waals surface area contributed by atoms with Gasteiger partial charge in [-0.25, -0.2) is 4.98 Å². The Bertz CT molecular complexity index is 860. The van der Waals surface area contributed by atoms with Gasteiger partial charge in [-0.05, 0) is 43.0 Å². The first kappa shape index (κ1) is 15.7. The summed E-state index contributed by atoms with van der Waals surface area (Å²) in [6.45, 7) is 1.59. The summed E-state index contributed by atoms with van der Waals surface area (Å²) in [6.07, 6.45) is 8.73. The number of H-pyrrole nitrogens is 1. The third-order valence-corrected chi connectivity index (χ3v) is 4.86. The number of aromatic nitrogens is 4. The average Bonchev–Trinajstić information content (AvgIpc) is 3.15. The van der Waals surface area contributed by atoms with Gasteiger partial charge in [0.2, 0.25) is 5.91 Å². The molecule has 128 valence electrons. The van der Waals surface area contributed by atoms with E-state index in [4.69, 9.17) is 0 Å². The SMILES string of the molecule is O=C(CCc1cccnc1)N1CCCC(c2ccc3cn[nH]c3n2)C1. The molecule has 3 aromatic rings. The van der Waals surface area contributed by atoms with Gasteiger partial charge in [-0.15, -0.1) is 0 Å². The van der Waals surface area contributed by atoms with Gasteiger partial charge in [0.15, 0.2) is 5.65 Å². The number of hydrogen-bond donors (Lipinski definition) is 1. The Hall–Kier alpha value is -2.76. The molecule has 25 heavy (non-hydrogen) atoms. The van der Waals surface area contributed by atoms with E-state index < -0.39 is 0 Å². The van der Waals surface area contributed by atoms with Crippen LogP contribution in [0.15, 0.2) is 42.9 Å². The molecule has 6 nitrogen and oxygen atoms in total. The van der Waals surface area contributed by atoms with E-state index in [2.05, 4.69) is 26.2 Å². The van der Waals surface area contributed by atoms with Crippen molar-refractivity contribution in [1.82, 2.24) is 25.1 Å². The summed E-state index contributed by atoms with van der Waals surface area (Å²) in [5, 5.41) is 7.97. The molecule has 1 aliphatic heterocycles. The first-order chi connectivity index (χ1) is 12.3. The van der Waals surface area contributed by atoms with Crippen LogP contribution in [-0.4, -0.2) is 44.1 Å². The van der Waals surface area contributed by atoms with E-state index in [0.717, 1.165) is 54.6 Å². The van der Waals surface area contributed by atoms with E-state index in [9.17, 15) is 4.79 Å². The fraction of sp³-hybridized carbons (Fsp3) is 0.368. The Kier molecular flexibility index (Phi) is 4.41. The Morgan fingerprint density at radius 3 is 3.12 bits per heavy atom. The van der Waals surface area contributed by atoms with E-state index in [1.54, 1.807) is 12.4 Å². The number of nitrogens with one attached hydrogen (secondary N) is 1. The third kappa shape index (κ3) is 3.52. The van der Waals surface area contributed by atoms with Crippen LogP contribution in [0.1, 0.15) is 36.4 Å². The second kappa shape index (κ2) is 7.01. The Morgan fingerprint density at radius 1 is 1.28 bits per heavy atom. The topological polar surface area (TPSA) is 74.8 Å². The summed E-state index contributed by atoms with van der Waals surface area (Å²) in [6, 6.07) is 8.04. The third-order valence-electron chi connectivity index (χ3n) is 4.86. The van der Waals surface area contributed by atoms with Crippen molar-refractivity contribution in [3.05, 3.63) is 54.1 Å². The lowest BCUT2D eigenvalue weighted by Crippen LogP contribution is -2.39. The molecule has 0 aliphatic carbocycles. The molecule has 0 aromatic carbocycles. The average molecular weight is 335 g/mol. The molecule has 6 heteroatoms. The molecular formula is C19H21N5O. The number of nitrogens with zero attached hydrogens (tertiary/aromatic N) is 4. The van der Waals surface area contributed by atoms with Crippen molar-refractivity contribution in [1.29, 1.82) is 0 Å². The summed E-state index contributed by atoms with van der Waals surface area (Å²) < 4.78 is 0. The Morgan fingerprint density at radius 2 is 2.24 bits per heavy atom. The van der Waals surface area contributed by atoms with Gasteiger partial charge >= 0.3 is 0 Å². The predicted molar refractivity (Wildman–Crippen MR) is 95.0 cm³/mol. The van der Waals surface area contributed by atoms with Crippen LogP contribution in [-0.2, 0) is 11.2 Å². The second-order valence-corrected chi connectivity index (χ2v) is 6.58. The smallest absolute Gasteiger partial charge is 0.222 e. The number of aryl methyl sites for hydroxylation is 1. The van der Waals surface area contributed by atoms with E-state index in [-0.39, 0.29) is 5.91 Å². The highest BCUT2D eigenvalue weighted by atomic mass is 16.2. The fourth-order valence-corrected chi connectivity index (χ4v) is 3.47. The highest BCUT2D eigenvalue weighted by Crippen LogP contribution is 2.27. The molecule has 0 spiro atoms. The highest BCUT2D eigenvalue weighted by Gasteiger charge is 2.25. The Balaban J connectivity index is 1.40. The summed E-state index contributed by atoms with van der Waals surface area (Å²) in [7, 11) is 0. The highest BCUT2D eigenvalue weighted by molar-refractivity contribution is 5.77. The van der Waals surface area contributed by atoms with Gasteiger partial charge in [-0.2, -0.15) is 5.10 Å². The number of rotatable bonds is 4. The van der Waals surface area contributed by atoms with Crippen LogP contribution >= 0.6 is 0 Å². The molecular weight excluding hydrogens is 314 g/mol. The van der Waals surface area contributed by atoms with Crippen molar-refractivity contribution >= 4 is 16.9 Å². The lowest BCUT2D eigenvalue weighted by Gasteiger charge is -2.32. The monoisotopic (exact) mass is 335 g/mol. The fourth-order valence-electron chi connectivity index (χ4n) is 3.47. The number of amides is 1. The minimum Gasteiger partial charge on any atom is -0.342 e. The number of hydrogen-bond acceptors (Lipinski definition) is 4. The summed E-state index contributed by atoms with van der Waals surface area (Å²) >= 11 is 0. The zero-order chi connectivity index (χ0) is 17.1. The quantitative estimate of drug-likeness (QED) is 0.795. The normalized spacial score (nSPS) is 17.8. The minimum atomic E-state index is 0.219. The van der Waals surface area contributed by atoms with Crippen molar-refractivity contribution in [3.63, 3.8) is 0 Å². The van der Waals surface area contributed by atoms with Crippen LogP contribution in [0.2, 0.25) is 0 Å². The predicted octanol–water partition coefficient (Wildman–Crippen LogP) is 2.69. The molecule has 3 aromatic heterocycles. The van der Waals surface area contributed by atoms with Crippen molar-refractivity contribution in [2.24, 2.45) is 0 Å². The Labute approximate surface area is 146 Å². The van der Waals surface area contributed by atoms with Crippen LogP contribution in [0.3, 0.4) is 0 Å². The molecule has 0 saturated carbocycles. The number of piperidine rings is 1. The van der Waals surface area contributed by atoms with Gasteiger partial charge in [-0.1, -0.05) is 6.07 Å². The number of likely N-dealkylation sites (tertiary alicyclic amines) is 1. The van der Waals surface area contributed by atoms with Gasteiger partial charge in [-0.3, -0.25) is 14.9 Å². The molecule has 1 atom stereocenters. The van der Waals surface area contributed by atoms with E-state index in [0.29, 0.717) is 12.3 Å². The molecule has 1 N–H and O–H groups in total. The summed E-state index contributed by atoms with van der Waals surface area (Å²) in [5.41, 5.74) is 2.97. The summed E-state index contributed by atoms with van der Waals surface area (Å²) in [4.78, 5) is 23.4. The molecule has 4 heterocycles. The van der Waals surface area contributed by atoms with Gasteiger partial charge in [0, 0.05) is 48.9 Å². The van der Waals surface area contributed by atoms with Gasteiger partial charge in [0.1, 0.15) is 0 Å². The van der Waals surface area contributed by atoms with E-state index >= 15 is 0 Å². The van der Waals surface area contributed by atoms with E-state index in [1.807, 2.05) is 29.3 Å². The standard InChI is InChI=1S/C19H21N5O/c25-18(8-5-14-3-1-9-20-11-14)24-10-2-4-16(13-24)17-7-6-15-12-21-23-19(15)22-17/h1,3,6-7,9,11-12,16H,2,4-5,8,10,13H2,(H,21,22,23). The summed E-state index contributed by atoms with van der Waals surface area (Å²) in [5.74, 6) is 0.514. The van der Waals surface area contributed by atoms with Gasteiger partial charge in [0.05, 0.1) is 6.20 Å². The van der Waals surface area contributed by atoms with Crippen LogP contribution < -0.4 is 0 Å². The minimum absolute atomic E-state index is 0.219. The first-order valence-corrected chi connectivity index (χ1v) is 8.76. The van der Waals surface area contributed by atoms with Crippen molar-refractivity contribution < 1.29 is 4.79 Å². The number of aromatic amines is 1. The molecule has 0 bridgehead atoms. The second-order valence-electron chi connectivity index (χ2n) is 6.58. The van der Waals surface area contributed by atoms with Gasteiger partial charge < -0.3 is 4.90 Å². The number of carbonyl (C=O) groups is 1. The lowest BCUT2D eigenvalue weighted by atomic mass is 9.93. The molecule has 1 unspecified atom stereocenters. The van der Waals surface area contributed by atoms with Crippen LogP contribution in [0, 0.1) is 0 Å². The molecule has 4 rings (SSSR count). The lowest BCUT2D eigenvalue weighted by molar-refractivity contribution is -0.132. The largest absolute Gasteiger partial charge is 0.342 e. The van der Waals surface area contributed by atoms with Crippen LogP contribution in [0.4, 0.5) is 0 Å². The number of carbonyl (C=O) groups excluding carboxylic acids is 1. The number of fused-ring (bicyclic) bond motifs is 1. The van der Waals surface area contributed by atoms with Crippen molar-refractivity contribution in [2.75, 3.05) is 13.1 Å². The molecule has 1 fully saturated rings. The molecule has 1 amide bonds. The molecule has 1 aliphatic rings. The van der Waals surface area contributed by atoms with Crippen LogP contribution in [0.5, 0.6) is 0 Å². The van der Waals surface area contributed by atoms with Crippen molar-refractivity contribution in [3.8, 4) is 0 Å². The van der Waals surface area contributed by atoms with Crippen molar-refractivity contribution in [2.45, 2.75) is 31.6 Å². The maximum Gasteiger partial charge on any atom is 0.222 e. The molecule has 0 radical (unpaired) electrons. The van der Waals surface area contributed by atoms with Gasteiger partial charge in [0.25, 0.3) is 0 Å². The molecule has 1 saturated heterocycles. The maximum atomic E-state index is 12.6. The zero-order valence-corrected chi connectivity index (χ0v) is 14.1. The number of pyridine rings is 2. The first-order valence-electron chi connectivity index (χ1n) is 8.76. The zero-order valence-electron chi connectivity index (χ0n) is 14.1. The van der Waals surface area contributed by atoms with Crippen LogP contribution in [0.25, 0.3) is 11.0 Å². The maximum absolute atomic E-state index is 12.6. The van der Waals surface area contributed by atoms with E-state index in [1.165, 1.54) is 0 Å².